The summed E-state index contributed by atoms with van der Waals surface area (Å²) in [7, 11) is 0. The highest BCUT2D eigenvalue weighted by atomic mass is 79.9. The molecule has 0 fully saturated rings. The first kappa shape index (κ1) is 14.2. The maximum atomic E-state index is 14.1. The molecule has 3 heteroatoms. The molecular weight excluding hydrogens is 307 g/mol. The third-order valence-electron chi connectivity index (χ3n) is 3.29. The lowest BCUT2D eigenvalue weighted by Crippen LogP contribution is -2.07. The van der Waals surface area contributed by atoms with Crippen LogP contribution in [0.15, 0.2) is 34.8 Å². The molecule has 1 nitrogen and oxygen atoms in total. The molecule has 0 aliphatic rings. The van der Waals surface area contributed by atoms with Gasteiger partial charge in [-0.05, 0) is 59.5 Å². The maximum absolute atomic E-state index is 14.1. The molecule has 0 spiro atoms. The van der Waals surface area contributed by atoms with Gasteiger partial charge in [0.2, 0.25) is 0 Å². The smallest absolute Gasteiger partial charge is 0.143 e. The number of aliphatic hydroxyl groups is 1. The summed E-state index contributed by atoms with van der Waals surface area (Å²) in [6.45, 7) is 5.89. The largest absolute Gasteiger partial charge is 0.384 e. The molecule has 2 rings (SSSR count). The highest BCUT2D eigenvalue weighted by Crippen LogP contribution is 2.32. The average molecular weight is 323 g/mol. The first-order valence-corrected chi connectivity index (χ1v) is 6.91. The standard InChI is InChI=1S/C16H16BrFO/c1-9-7-10(2)14(11(3)8-9)16(19)12-5-4-6-13(17)15(12)18/h4-8,16,19H,1-3H3. The summed E-state index contributed by atoms with van der Waals surface area (Å²) in [4.78, 5) is 0. The van der Waals surface area contributed by atoms with E-state index >= 15 is 0 Å². The number of aliphatic hydroxyl groups excluding tert-OH is 1. The predicted octanol–water partition coefficient (Wildman–Crippen LogP) is 4.60. The van der Waals surface area contributed by atoms with Crippen molar-refractivity contribution in [2.75, 3.05) is 0 Å². The Morgan fingerprint density at radius 2 is 1.68 bits per heavy atom. The van der Waals surface area contributed by atoms with Crippen LogP contribution >= 0.6 is 15.9 Å². The van der Waals surface area contributed by atoms with Crippen molar-refractivity contribution in [1.29, 1.82) is 0 Å². The van der Waals surface area contributed by atoms with Gasteiger partial charge in [0, 0.05) is 5.56 Å². The molecule has 0 aliphatic heterocycles. The quantitative estimate of drug-likeness (QED) is 0.857. The lowest BCUT2D eigenvalue weighted by Gasteiger charge is -2.18. The van der Waals surface area contributed by atoms with Crippen molar-refractivity contribution in [1.82, 2.24) is 0 Å². The van der Waals surface area contributed by atoms with E-state index < -0.39 is 11.9 Å². The van der Waals surface area contributed by atoms with E-state index in [0.29, 0.717) is 10.0 Å². The van der Waals surface area contributed by atoms with Crippen LogP contribution in [0.2, 0.25) is 0 Å². The van der Waals surface area contributed by atoms with Gasteiger partial charge in [-0.1, -0.05) is 29.8 Å². The molecule has 0 aromatic heterocycles. The summed E-state index contributed by atoms with van der Waals surface area (Å²) in [5, 5.41) is 10.5. The van der Waals surface area contributed by atoms with Gasteiger partial charge in [0.1, 0.15) is 11.9 Å². The van der Waals surface area contributed by atoms with E-state index in [1.807, 2.05) is 32.9 Å². The van der Waals surface area contributed by atoms with Crippen molar-refractivity contribution >= 4 is 15.9 Å². The molecule has 0 bridgehead atoms. The van der Waals surface area contributed by atoms with E-state index in [0.717, 1.165) is 22.3 Å². The Bertz CT molecular complexity index is 599. The van der Waals surface area contributed by atoms with Gasteiger partial charge in [-0.15, -0.1) is 0 Å². The molecule has 19 heavy (non-hydrogen) atoms. The zero-order valence-electron chi connectivity index (χ0n) is 11.2. The van der Waals surface area contributed by atoms with Gasteiger partial charge >= 0.3 is 0 Å². The monoisotopic (exact) mass is 322 g/mol. The van der Waals surface area contributed by atoms with E-state index in [9.17, 15) is 9.50 Å². The molecule has 1 atom stereocenters. The van der Waals surface area contributed by atoms with E-state index in [1.54, 1.807) is 18.2 Å². The van der Waals surface area contributed by atoms with Crippen LogP contribution in [0.4, 0.5) is 4.39 Å². The average Bonchev–Trinajstić information content (AvgIpc) is 2.31. The minimum atomic E-state index is -0.946. The zero-order valence-corrected chi connectivity index (χ0v) is 12.8. The second-order valence-corrected chi connectivity index (χ2v) is 5.71. The van der Waals surface area contributed by atoms with Gasteiger partial charge in [-0.2, -0.15) is 0 Å². The second kappa shape index (κ2) is 5.43. The van der Waals surface area contributed by atoms with Gasteiger partial charge in [-0.3, -0.25) is 0 Å². The molecule has 2 aromatic carbocycles. The molecular formula is C16H16BrFO. The topological polar surface area (TPSA) is 20.2 Å². The Balaban J connectivity index is 2.56. The van der Waals surface area contributed by atoms with Gasteiger partial charge in [0.25, 0.3) is 0 Å². The highest BCUT2D eigenvalue weighted by molar-refractivity contribution is 9.10. The first-order valence-electron chi connectivity index (χ1n) is 6.11. The Morgan fingerprint density at radius 1 is 1.11 bits per heavy atom. The Labute approximate surface area is 121 Å². The van der Waals surface area contributed by atoms with Crippen molar-refractivity contribution in [2.24, 2.45) is 0 Å². The Morgan fingerprint density at radius 3 is 2.26 bits per heavy atom. The molecule has 0 saturated carbocycles. The van der Waals surface area contributed by atoms with Crippen LogP contribution in [0, 0.1) is 26.6 Å². The second-order valence-electron chi connectivity index (χ2n) is 4.86. The summed E-state index contributed by atoms with van der Waals surface area (Å²) in [6.07, 6.45) is -0.946. The van der Waals surface area contributed by atoms with Gasteiger partial charge in [0.15, 0.2) is 0 Å². The molecule has 0 saturated heterocycles. The number of benzene rings is 2. The van der Waals surface area contributed by atoms with E-state index in [-0.39, 0.29) is 0 Å². The number of halogens is 2. The number of hydrogen-bond acceptors (Lipinski definition) is 1. The predicted molar refractivity (Wildman–Crippen MR) is 78.8 cm³/mol. The Kier molecular flexibility index (Phi) is 4.07. The summed E-state index contributed by atoms with van der Waals surface area (Å²) in [6, 6.07) is 8.97. The maximum Gasteiger partial charge on any atom is 0.143 e. The van der Waals surface area contributed by atoms with Crippen molar-refractivity contribution < 1.29 is 9.50 Å². The van der Waals surface area contributed by atoms with E-state index in [1.165, 1.54) is 0 Å². The fourth-order valence-electron chi connectivity index (χ4n) is 2.51. The van der Waals surface area contributed by atoms with Crippen LogP contribution in [0.5, 0.6) is 0 Å². The van der Waals surface area contributed by atoms with Crippen molar-refractivity contribution in [3.05, 3.63) is 68.4 Å². The minimum absolute atomic E-state index is 0.296. The fraction of sp³-hybridized carbons (Fsp3) is 0.250. The van der Waals surface area contributed by atoms with Crippen LogP contribution in [0.1, 0.15) is 33.9 Å². The fourth-order valence-corrected chi connectivity index (χ4v) is 2.89. The Hall–Kier alpha value is -1.19. The summed E-state index contributed by atoms with van der Waals surface area (Å²) in [5.41, 5.74) is 4.17. The van der Waals surface area contributed by atoms with Gasteiger partial charge < -0.3 is 5.11 Å². The molecule has 0 heterocycles. The third kappa shape index (κ3) is 2.72. The van der Waals surface area contributed by atoms with Crippen LogP contribution in [-0.4, -0.2) is 5.11 Å². The van der Waals surface area contributed by atoms with Crippen molar-refractivity contribution in [2.45, 2.75) is 26.9 Å². The number of aryl methyl sites for hydroxylation is 3. The third-order valence-corrected chi connectivity index (χ3v) is 3.90. The van der Waals surface area contributed by atoms with Crippen molar-refractivity contribution in [3.8, 4) is 0 Å². The number of hydrogen-bond donors (Lipinski definition) is 1. The summed E-state index contributed by atoms with van der Waals surface area (Å²) >= 11 is 3.15. The first-order chi connectivity index (χ1) is 8.91. The normalized spacial score (nSPS) is 12.5. The van der Waals surface area contributed by atoms with Crippen LogP contribution in [0.3, 0.4) is 0 Å². The van der Waals surface area contributed by atoms with Crippen molar-refractivity contribution in [3.63, 3.8) is 0 Å². The van der Waals surface area contributed by atoms with E-state index in [4.69, 9.17) is 0 Å². The number of rotatable bonds is 2. The lowest BCUT2D eigenvalue weighted by molar-refractivity contribution is 0.213. The van der Waals surface area contributed by atoms with Gasteiger partial charge in [0.05, 0.1) is 4.47 Å². The summed E-state index contributed by atoms with van der Waals surface area (Å²) < 4.78 is 14.4. The van der Waals surface area contributed by atoms with Crippen LogP contribution < -0.4 is 0 Å². The van der Waals surface area contributed by atoms with Gasteiger partial charge in [-0.25, -0.2) is 4.39 Å². The molecule has 1 N–H and O–H groups in total. The highest BCUT2D eigenvalue weighted by Gasteiger charge is 2.20. The molecule has 0 aliphatic carbocycles. The lowest BCUT2D eigenvalue weighted by atomic mass is 9.92. The summed E-state index contributed by atoms with van der Waals surface area (Å²) in [5.74, 6) is -0.408. The minimum Gasteiger partial charge on any atom is -0.384 e. The molecule has 0 amide bonds. The molecule has 0 radical (unpaired) electrons. The molecule has 100 valence electrons. The molecule has 1 unspecified atom stereocenters. The SMILES string of the molecule is Cc1cc(C)c(C(O)c2cccc(Br)c2F)c(C)c1. The molecule has 2 aromatic rings. The zero-order chi connectivity index (χ0) is 14.2. The van der Waals surface area contributed by atoms with Crippen LogP contribution in [0.25, 0.3) is 0 Å². The van der Waals surface area contributed by atoms with Crippen LogP contribution in [-0.2, 0) is 0 Å². The van der Waals surface area contributed by atoms with E-state index in [2.05, 4.69) is 15.9 Å².